The lowest BCUT2D eigenvalue weighted by molar-refractivity contribution is -0.125. The van der Waals surface area contributed by atoms with E-state index in [0.717, 1.165) is 11.1 Å². The average molecular weight is 248 g/mol. The number of carbonyl (C=O) groups is 2. The molecule has 0 aromatic heterocycles. The van der Waals surface area contributed by atoms with Gasteiger partial charge in [-0.05, 0) is 17.5 Å². The molecule has 96 valence electrons. The van der Waals surface area contributed by atoms with Gasteiger partial charge in [-0.15, -0.1) is 0 Å². The van der Waals surface area contributed by atoms with Crippen molar-refractivity contribution >= 4 is 11.8 Å². The summed E-state index contributed by atoms with van der Waals surface area (Å²) in [5.41, 5.74) is 1.80. The first-order valence-electron chi connectivity index (χ1n) is 5.95. The molecule has 0 radical (unpaired) electrons. The molecule has 0 bridgehead atoms. The number of carbonyl (C=O) groups excluding carboxylic acids is 2. The molecule has 1 unspecified atom stereocenters. The third-order valence-electron chi connectivity index (χ3n) is 2.98. The van der Waals surface area contributed by atoms with Crippen LogP contribution in [0.2, 0.25) is 0 Å². The molecule has 0 saturated carbocycles. The second kappa shape index (κ2) is 5.64. The molecule has 5 heteroatoms. The van der Waals surface area contributed by atoms with Crippen molar-refractivity contribution in [2.75, 3.05) is 0 Å². The molecule has 1 atom stereocenters. The summed E-state index contributed by atoms with van der Waals surface area (Å²) in [5.74, 6) is -0.213. The Bertz CT molecular complexity index is 442. The average Bonchev–Trinajstić information content (AvgIpc) is 2.83. The Kier molecular flexibility index (Phi) is 3.94. The monoisotopic (exact) mass is 248 g/mol. The van der Waals surface area contributed by atoms with Crippen LogP contribution in [0.4, 0.5) is 0 Å². The number of aliphatic hydroxyl groups excluding tert-OH is 1. The van der Waals surface area contributed by atoms with Crippen LogP contribution in [0, 0.1) is 0 Å². The van der Waals surface area contributed by atoms with E-state index in [0.29, 0.717) is 19.4 Å². The Morgan fingerprint density at radius 2 is 2.00 bits per heavy atom. The summed E-state index contributed by atoms with van der Waals surface area (Å²) in [5, 5.41) is 14.3. The minimum atomic E-state index is -0.394. The summed E-state index contributed by atoms with van der Waals surface area (Å²) in [4.78, 5) is 22.7. The lowest BCUT2D eigenvalue weighted by atomic mass is 10.1. The standard InChI is InChI=1S/C13H16N2O3/c16-8-10-3-1-9(2-4-10)7-14-13(18)11-5-6-12(17)15-11/h1-4,11,16H,5-8H2,(H,14,18)(H,15,17). The third-order valence-corrected chi connectivity index (χ3v) is 2.98. The van der Waals surface area contributed by atoms with Crippen LogP contribution in [-0.2, 0) is 22.7 Å². The Morgan fingerprint density at radius 3 is 2.56 bits per heavy atom. The van der Waals surface area contributed by atoms with Gasteiger partial charge in [0.2, 0.25) is 11.8 Å². The Hall–Kier alpha value is -1.88. The van der Waals surface area contributed by atoms with Crippen LogP contribution >= 0.6 is 0 Å². The molecule has 0 spiro atoms. The third kappa shape index (κ3) is 3.07. The summed E-state index contributed by atoms with van der Waals surface area (Å²) in [7, 11) is 0. The Morgan fingerprint density at radius 1 is 1.33 bits per heavy atom. The van der Waals surface area contributed by atoms with Crippen molar-refractivity contribution in [2.45, 2.75) is 32.0 Å². The zero-order valence-electron chi connectivity index (χ0n) is 9.98. The minimum Gasteiger partial charge on any atom is -0.392 e. The molecule has 5 nitrogen and oxygen atoms in total. The van der Waals surface area contributed by atoms with Crippen molar-refractivity contribution in [1.29, 1.82) is 0 Å². The molecule has 1 fully saturated rings. The predicted octanol–water partition coefficient (Wildman–Crippen LogP) is 0.0737. The van der Waals surface area contributed by atoms with E-state index in [-0.39, 0.29) is 18.4 Å². The van der Waals surface area contributed by atoms with Crippen LogP contribution in [0.3, 0.4) is 0 Å². The smallest absolute Gasteiger partial charge is 0.242 e. The zero-order valence-corrected chi connectivity index (χ0v) is 9.98. The predicted molar refractivity (Wildman–Crippen MR) is 65.4 cm³/mol. The fourth-order valence-electron chi connectivity index (χ4n) is 1.89. The SMILES string of the molecule is O=C1CCC(C(=O)NCc2ccc(CO)cc2)N1. The zero-order chi connectivity index (χ0) is 13.0. The second-order valence-corrected chi connectivity index (χ2v) is 4.35. The van der Waals surface area contributed by atoms with Gasteiger partial charge in [-0.1, -0.05) is 24.3 Å². The summed E-state index contributed by atoms with van der Waals surface area (Å²) in [6.07, 6.45) is 0.984. The number of hydrogen-bond donors (Lipinski definition) is 3. The molecule has 2 rings (SSSR count). The van der Waals surface area contributed by atoms with Gasteiger partial charge in [0.05, 0.1) is 6.61 Å². The maximum Gasteiger partial charge on any atom is 0.242 e. The van der Waals surface area contributed by atoms with Gasteiger partial charge in [0.15, 0.2) is 0 Å². The molecular formula is C13H16N2O3. The molecule has 1 aromatic carbocycles. The normalized spacial score (nSPS) is 18.5. The largest absolute Gasteiger partial charge is 0.392 e. The molecule has 2 amide bonds. The van der Waals surface area contributed by atoms with Crippen LogP contribution in [0.5, 0.6) is 0 Å². The number of benzene rings is 1. The van der Waals surface area contributed by atoms with Crippen molar-refractivity contribution < 1.29 is 14.7 Å². The molecule has 1 aromatic rings. The van der Waals surface area contributed by atoms with Gasteiger partial charge >= 0.3 is 0 Å². The highest BCUT2D eigenvalue weighted by molar-refractivity contribution is 5.90. The van der Waals surface area contributed by atoms with Gasteiger partial charge in [0, 0.05) is 13.0 Å². The Labute approximate surface area is 105 Å². The van der Waals surface area contributed by atoms with Crippen LogP contribution in [0.15, 0.2) is 24.3 Å². The van der Waals surface area contributed by atoms with Crippen LogP contribution in [-0.4, -0.2) is 23.0 Å². The summed E-state index contributed by atoms with van der Waals surface area (Å²) in [6, 6.07) is 6.96. The maximum atomic E-state index is 11.7. The van der Waals surface area contributed by atoms with Crippen LogP contribution in [0.25, 0.3) is 0 Å². The van der Waals surface area contributed by atoms with Gasteiger partial charge in [0.1, 0.15) is 6.04 Å². The molecule has 0 aliphatic carbocycles. The Balaban J connectivity index is 1.83. The van der Waals surface area contributed by atoms with Gasteiger partial charge < -0.3 is 15.7 Å². The molecule has 1 saturated heterocycles. The number of nitrogens with one attached hydrogen (secondary N) is 2. The van der Waals surface area contributed by atoms with Gasteiger partial charge in [-0.3, -0.25) is 9.59 Å². The highest BCUT2D eigenvalue weighted by atomic mass is 16.3. The minimum absolute atomic E-state index is 0.0146. The summed E-state index contributed by atoms with van der Waals surface area (Å²) >= 11 is 0. The van der Waals surface area contributed by atoms with Crippen molar-refractivity contribution in [3.8, 4) is 0 Å². The lowest BCUT2D eigenvalue weighted by Crippen LogP contribution is -2.41. The molecule has 1 aliphatic rings. The molecule has 18 heavy (non-hydrogen) atoms. The van der Waals surface area contributed by atoms with E-state index in [9.17, 15) is 9.59 Å². The van der Waals surface area contributed by atoms with Gasteiger partial charge in [0.25, 0.3) is 0 Å². The van der Waals surface area contributed by atoms with Crippen LogP contribution in [0.1, 0.15) is 24.0 Å². The number of aliphatic hydroxyl groups is 1. The first-order valence-corrected chi connectivity index (χ1v) is 5.95. The highest BCUT2D eigenvalue weighted by Gasteiger charge is 2.26. The van der Waals surface area contributed by atoms with E-state index in [4.69, 9.17) is 5.11 Å². The molecule has 1 aliphatic heterocycles. The first kappa shape index (κ1) is 12.6. The second-order valence-electron chi connectivity index (χ2n) is 4.35. The fourth-order valence-corrected chi connectivity index (χ4v) is 1.89. The highest BCUT2D eigenvalue weighted by Crippen LogP contribution is 2.07. The van der Waals surface area contributed by atoms with Crippen molar-refractivity contribution in [2.24, 2.45) is 0 Å². The summed E-state index contributed by atoms with van der Waals surface area (Å²) < 4.78 is 0. The summed E-state index contributed by atoms with van der Waals surface area (Å²) in [6.45, 7) is 0.442. The number of hydrogen-bond acceptors (Lipinski definition) is 3. The lowest BCUT2D eigenvalue weighted by Gasteiger charge is -2.11. The topological polar surface area (TPSA) is 78.4 Å². The first-order chi connectivity index (χ1) is 8.69. The molecule has 1 heterocycles. The molecule has 3 N–H and O–H groups in total. The van der Waals surface area contributed by atoms with E-state index in [1.807, 2.05) is 24.3 Å². The number of rotatable bonds is 4. The van der Waals surface area contributed by atoms with E-state index in [2.05, 4.69) is 10.6 Å². The van der Waals surface area contributed by atoms with Crippen molar-refractivity contribution in [3.05, 3.63) is 35.4 Å². The van der Waals surface area contributed by atoms with E-state index in [1.165, 1.54) is 0 Å². The van der Waals surface area contributed by atoms with E-state index >= 15 is 0 Å². The number of amides is 2. The van der Waals surface area contributed by atoms with Crippen molar-refractivity contribution in [3.63, 3.8) is 0 Å². The molecular weight excluding hydrogens is 232 g/mol. The van der Waals surface area contributed by atoms with Crippen LogP contribution < -0.4 is 10.6 Å². The fraction of sp³-hybridized carbons (Fsp3) is 0.385. The quantitative estimate of drug-likeness (QED) is 0.705. The van der Waals surface area contributed by atoms with Gasteiger partial charge in [-0.25, -0.2) is 0 Å². The van der Waals surface area contributed by atoms with Gasteiger partial charge in [-0.2, -0.15) is 0 Å². The van der Waals surface area contributed by atoms with E-state index in [1.54, 1.807) is 0 Å². The van der Waals surface area contributed by atoms with E-state index < -0.39 is 6.04 Å². The van der Waals surface area contributed by atoms with Crippen molar-refractivity contribution in [1.82, 2.24) is 10.6 Å². The maximum absolute atomic E-state index is 11.7.